The molecular formula is C14H14ClNO. The van der Waals surface area contributed by atoms with Crippen LogP contribution in [0.2, 0.25) is 5.02 Å². The van der Waals surface area contributed by atoms with E-state index in [1.165, 1.54) is 0 Å². The molecule has 0 amide bonds. The van der Waals surface area contributed by atoms with Gasteiger partial charge < -0.3 is 0 Å². The van der Waals surface area contributed by atoms with E-state index in [0.29, 0.717) is 17.9 Å². The first-order chi connectivity index (χ1) is 8.02. The maximum atomic E-state index is 11.7. The Morgan fingerprint density at radius 2 is 2.06 bits per heavy atom. The molecule has 2 nitrogen and oxygen atoms in total. The Morgan fingerprint density at radius 3 is 2.65 bits per heavy atom. The summed E-state index contributed by atoms with van der Waals surface area (Å²) in [5.74, 6) is 0.332. The van der Waals surface area contributed by atoms with E-state index >= 15 is 0 Å². The summed E-state index contributed by atoms with van der Waals surface area (Å²) in [6, 6.07) is 9.84. The molecule has 0 heterocycles. The lowest BCUT2D eigenvalue weighted by Gasteiger charge is -2.32. The molecule has 0 N–H and O–H groups in total. The van der Waals surface area contributed by atoms with Gasteiger partial charge in [0, 0.05) is 17.9 Å². The molecule has 0 aromatic heterocycles. The molecule has 3 heteroatoms. The second kappa shape index (κ2) is 4.50. The number of carbonyl (C=O) groups is 1. The highest BCUT2D eigenvalue weighted by Crippen LogP contribution is 2.41. The highest BCUT2D eigenvalue weighted by atomic mass is 35.5. The smallest absolute Gasteiger partial charge is 0.135 e. The van der Waals surface area contributed by atoms with E-state index in [-0.39, 0.29) is 11.7 Å². The fourth-order valence-electron chi connectivity index (χ4n) is 2.53. The summed E-state index contributed by atoms with van der Waals surface area (Å²) in [5, 5.41) is 9.85. The Bertz CT molecular complexity index is 474. The molecule has 0 spiro atoms. The lowest BCUT2D eigenvalue weighted by atomic mass is 9.69. The van der Waals surface area contributed by atoms with Gasteiger partial charge in [0.1, 0.15) is 5.78 Å². The van der Waals surface area contributed by atoms with Crippen LogP contribution in [0.4, 0.5) is 0 Å². The monoisotopic (exact) mass is 247 g/mol. The molecule has 1 aromatic rings. The first-order valence-corrected chi connectivity index (χ1v) is 6.09. The van der Waals surface area contributed by atoms with Crippen LogP contribution < -0.4 is 0 Å². The minimum atomic E-state index is -0.514. The molecule has 2 rings (SSSR count). The summed E-state index contributed by atoms with van der Waals surface area (Å²) in [4.78, 5) is 11.7. The summed E-state index contributed by atoms with van der Waals surface area (Å²) in [6.45, 7) is 1.87. The maximum absolute atomic E-state index is 11.7. The number of benzene rings is 1. The van der Waals surface area contributed by atoms with E-state index in [0.717, 1.165) is 12.0 Å². The molecule has 17 heavy (non-hydrogen) atoms. The molecule has 1 saturated carbocycles. The van der Waals surface area contributed by atoms with E-state index in [1.807, 2.05) is 31.2 Å². The Morgan fingerprint density at radius 1 is 1.41 bits per heavy atom. The van der Waals surface area contributed by atoms with Crippen molar-refractivity contribution in [2.24, 2.45) is 5.41 Å². The zero-order valence-electron chi connectivity index (χ0n) is 9.74. The van der Waals surface area contributed by atoms with Crippen LogP contribution in [-0.2, 0) is 4.79 Å². The predicted octanol–water partition coefficient (Wildman–Crippen LogP) is 3.71. The molecule has 0 radical (unpaired) electrons. The van der Waals surface area contributed by atoms with Crippen LogP contribution in [0.25, 0.3) is 0 Å². The van der Waals surface area contributed by atoms with Crippen molar-refractivity contribution in [1.82, 2.24) is 0 Å². The van der Waals surface area contributed by atoms with Gasteiger partial charge in [-0.3, -0.25) is 4.79 Å². The van der Waals surface area contributed by atoms with Crippen molar-refractivity contribution in [3.05, 3.63) is 34.9 Å². The molecule has 0 bridgehead atoms. The largest absolute Gasteiger partial charge is 0.300 e. The van der Waals surface area contributed by atoms with Crippen LogP contribution in [0.15, 0.2) is 24.3 Å². The van der Waals surface area contributed by atoms with Crippen LogP contribution in [0.3, 0.4) is 0 Å². The number of nitrogens with zero attached hydrogens (tertiary/aromatic N) is 1. The number of hydrogen-bond donors (Lipinski definition) is 0. The van der Waals surface area contributed by atoms with Crippen molar-refractivity contribution in [1.29, 1.82) is 5.26 Å². The predicted molar refractivity (Wildman–Crippen MR) is 66.8 cm³/mol. The summed E-state index contributed by atoms with van der Waals surface area (Å²) in [7, 11) is 0. The molecule has 1 aromatic carbocycles. The highest BCUT2D eigenvalue weighted by molar-refractivity contribution is 6.30. The van der Waals surface area contributed by atoms with Gasteiger partial charge in [-0.05, 0) is 37.0 Å². The van der Waals surface area contributed by atoms with Gasteiger partial charge in [-0.25, -0.2) is 0 Å². The zero-order chi connectivity index (χ0) is 12.5. The molecule has 0 aliphatic heterocycles. The molecule has 0 unspecified atom stereocenters. The standard InChI is InChI=1S/C14H14ClNO/c1-14(9-16)7-11(6-13(17)8-14)10-2-4-12(15)5-3-10/h2-5,11H,6-8H2,1H3/t11-,14+/m0/s1. The first kappa shape index (κ1) is 12.1. The van der Waals surface area contributed by atoms with Crippen molar-refractivity contribution in [3.63, 3.8) is 0 Å². The van der Waals surface area contributed by atoms with Crippen molar-refractivity contribution in [2.45, 2.75) is 32.1 Å². The van der Waals surface area contributed by atoms with Gasteiger partial charge >= 0.3 is 0 Å². The highest BCUT2D eigenvalue weighted by Gasteiger charge is 2.37. The second-order valence-electron chi connectivity index (χ2n) is 5.04. The van der Waals surface area contributed by atoms with Gasteiger partial charge in [-0.1, -0.05) is 23.7 Å². The fourth-order valence-corrected chi connectivity index (χ4v) is 2.65. The normalized spacial score (nSPS) is 28.8. The third-order valence-electron chi connectivity index (χ3n) is 3.37. The lowest BCUT2D eigenvalue weighted by Crippen LogP contribution is -2.29. The van der Waals surface area contributed by atoms with Crippen molar-refractivity contribution in [2.75, 3.05) is 0 Å². The van der Waals surface area contributed by atoms with Crippen molar-refractivity contribution < 1.29 is 4.79 Å². The van der Waals surface area contributed by atoms with Crippen LogP contribution >= 0.6 is 11.6 Å². The van der Waals surface area contributed by atoms with Crippen LogP contribution in [0, 0.1) is 16.7 Å². The van der Waals surface area contributed by atoms with Gasteiger partial charge in [0.25, 0.3) is 0 Å². The Hall–Kier alpha value is -1.33. The average molecular weight is 248 g/mol. The van der Waals surface area contributed by atoms with Gasteiger partial charge in [0.05, 0.1) is 11.5 Å². The second-order valence-corrected chi connectivity index (χ2v) is 5.48. The Balaban J connectivity index is 2.25. The van der Waals surface area contributed by atoms with Crippen molar-refractivity contribution >= 4 is 17.4 Å². The topological polar surface area (TPSA) is 40.9 Å². The number of Topliss-reactive ketones (excluding diaryl/α,β-unsaturated/α-hetero) is 1. The number of halogens is 1. The van der Waals surface area contributed by atoms with E-state index in [9.17, 15) is 4.79 Å². The molecule has 2 atom stereocenters. The molecule has 88 valence electrons. The molecule has 1 aliphatic rings. The number of nitriles is 1. The SMILES string of the molecule is C[C@]1(C#N)CC(=O)C[C@H](c2ccc(Cl)cc2)C1. The van der Waals surface area contributed by atoms with Crippen LogP contribution in [-0.4, -0.2) is 5.78 Å². The Kier molecular flexibility index (Phi) is 3.22. The number of ketones is 1. The third-order valence-corrected chi connectivity index (χ3v) is 3.62. The number of rotatable bonds is 1. The Labute approximate surface area is 106 Å². The van der Waals surface area contributed by atoms with Gasteiger partial charge in [-0.15, -0.1) is 0 Å². The molecule has 0 saturated heterocycles. The minimum Gasteiger partial charge on any atom is -0.300 e. The third kappa shape index (κ3) is 2.68. The van der Waals surface area contributed by atoms with E-state index < -0.39 is 5.41 Å². The fraction of sp³-hybridized carbons (Fsp3) is 0.429. The van der Waals surface area contributed by atoms with Crippen LogP contribution in [0.5, 0.6) is 0 Å². The summed E-state index contributed by atoms with van der Waals surface area (Å²) in [6.07, 6.45) is 1.67. The lowest BCUT2D eigenvalue weighted by molar-refractivity contribution is -0.122. The average Bonchev–Trinajstić information content (AvgIpc) is 2.29. The zero-order valence-corrected chi connectivity index (χ0v) is 10.5. The quantitative estimate of drug-likeness (QED) is 0.759. The molecule has 1 fully saturated rings. The number of hydrogen-bond acceptors (Lipinski definition) is 2. The van der Waals surface area contributed by atoms with E-state index in [1.54, 1.807) is 0 Å². The molecular weight excluding hydrogens is 234 g/mol. The number of carbonyl (C=O) groups excluding carboxylic acids is 1. The summed E-state index contributed by atoms with van der Waals surface area (Å²) >= 11 is 5.84. The van der Waals surface area contributed by atoms with Gasteiger partial charge in [-0.2, -0.15) is 5.26 Å². The summed E-state index contributed by atoms with van der Waals surface area (Å²) < 4.78 is 0. The molecule has 1 aliphatic carbocycles. The van der Waals surface area contributed by atoms with Crippen LogP contribution in [0.1, 0.15) is 37.7 Å². The maximum Gasteiger partial charge on any atom is 0.135 e. The first-order valence-electron chi connectivity index (χ1n) is 5.71. The van der Waals surface area contributed by atoms with E-state index in [2.05, 4.69) is 6.07 Å². The van der Waals surface area contributed by atoms with E-state index in [4.69, 9.17) is 16.9 Å². The minimum absolute atomic E-state index is 0.151. The summed E-state index contributed by atoms with van der Waals surface area (Å²) in [5.41, 5.74) is 0.587. The van der Waals surface area contributed by atoms with Gasteiger partial charge in [0.15, 0.2) is 0 Å². The van der Waals surface area contributed by atoms with Gasteiger partial charge in [0.2, 0.25) is 0 Å². The van der Waals surface area contributed by atoms with Crippen molar-refractivity contribution in [3.8, 4) is 6.07 Å².